The van der Waals surface area contributed by atoms with Gasteiger partial charge in [-0.2, -0.15) is 5.10 Å². The number of carbonyl (C=O) groups excluding carboxylic acids is 2. The molecule has 3 N–H and O–H groups in total. The van der Waals surface area contributed by atoms with E-state index in [9.17, 15) is 9.59 Å². The zero-order chi connectivity index (χ0) is 14.5. The highest BCUT2D eigenvalue weighted by Gasteiger charge is 2.32. The van der Waals surface area contributed by atoms with Crippen molar-refractivity contribution in [2.75, 3.05) is 32.0 Å². The van der Waals surface area contributed by atoms with Crippen LogP contribution in [-0.2, 0) is 20.9 Å². The van der Waals surface area contributed by atoms with Crippen LogP contribution < -0.4 is 11.1 Å². The van der Waals surface area contributed by atoms with Crippen molar-refractivity contribution in [2.45, 2.75) is 19.5 Å². The highest BCUT2D eigenvalue weighted by Crippen LogP contribution is 2.09. The van der Waals surface area contributed by atoms with Crippen LogP contribution >= 0.6 is 0 Å². The molecular weight excluding hydrogens is 262 g/mol. The lowest BCUT2D eigenvalue weighted by Crippen LogP contribution is -2.56. The Morgan fingerprint density at radius 2 is 2.40 bits per heavy atom. The van der Waals surface area contributed by atoms with Crippen molar-refractivity contribution < 1.29 is 14.3 Å². The molecule has 1 aromatic heterocycles. The maximum absolute atomic E-state index is 12.3. The summed E-state index contributed by atoms with van der Waals surface area (Å²) in [4.78, 5) is 25.8. The standard InChI is InChI=1S/C12H19N5O3/c1-2-14-12(19)10-8-20-4-3-17(10)11(18)7-16-6-9(13)5-15-16/h5-6,10H,2-4,7-8,13H2,1H3,(H,14,19). The van der Waals surface area contributed by atoms with Crippen LogP contribution in [0.4, 0.5) is 5.69 Å². The quantitative estimate of drug-likeness (QED) is 0.724. The predicted molar refractivity (Wildman–Crippen MR) is 71.6 cm³/mol. The van der Waals surface area contributed by atoms with Crippen LogP contribution in [0.1, 0.15) is 6.92 Å². The Balaban J connectivity index is 2.03. The van der Waals surface area contributed by atoms with E-state index in [4.69, 9.17) is 10.5 Å². The van der Waals surface area contributed by atoms with Gasteiger partial charge in [0, 0.05) is 19.3 Å². The Morgan fingerprint density at radius 1 is 1.60 bits per heavy atom. The van der Waals surface area contributed by atoms with Gasteiger partial charge in [0.15, 0.2) is 0 Å². The summed E-state index contributed by atoms with van der Waals surface area (Å²) in [5.74, 6) is -0.367. The first kappa shape index (κ1) is 14.3. The van der Waals surface area contributed by atoms with Crippen molar-refractivity contribution in [3.8, 4) is 0 Å². The molecule has 0 aliphatic carbocycles. The number of hydrogen-bond donors (Lipinski definition) is 2. The third-order valence-electron chi connectivity index (χ3n) is 3.05. The largest absolute Gasteiger partial charge is 0.396 e. The van der Waals surface area contributed by atoms with Crippen LogP contribution in [0.5, 0.6) is 0 Å². The van der Waals surface area contributed by atoms with E-state index in [1.165, 1.54) is 15.8 Å². The fraction of sp³-hybridized carbons (Fsp3) is 0.583. The Bertz CT molecular complexity index is 487. The normalized spacial score (nSPS) is 18.9. The molecule has 1 aromatic rings. The monoisotopic (exact) mass is 281 g/mol. The molecule has 20 heavy (non-hydrogen) atoms. The predicted octanol–water partition coefficient (Wildman–Crippen LogP) is -1.17. The van der Waals surface area contributed by atoms with Gasteiger partial charge < -0.3 is 20.7 Å². The summed E-state index contributed by atoms with van der Waals surface area (Å²) in [7, 11) is 0. The van der Waals surface area contributed by atoms with E-state index in [1.54, 1.807) is 6.20 Å². The van der Waals surface area contributed by atoms with Crippen LogP contribution in [0.3, 0.4) is 0 Å². The van der Waals surface area contributed by atoms with Gasteiger partial charge in [0.2, 0.25) is 11.8 Å². The molecule has 1 saturated heterocycles. The number of amides is 2. The van der Waals surface area contributed by atoms with Gasteiger partial charge in [-0.3, -0.25) is 14.3 Å². The smallest absolute Gasteiger partial charge is 0.245 e. The van der Waals surface area contributed by atoms with E-state index in [0.717, 1.165) is 0 Å². The second-order valence-electron chi connectivity index (χ2n) is 4.54. The highest BCUT2D eigenvalue weighted by atomic mass is 16.5. The lowest BCUT2D eigenvalue weighted by atomic mass is 10.2. The summed E-state index contributed by atoms with van der Waals surface area (Å²) in [6.07, 6.45) is 3.06. The summed E-state index contributed by atoms with van der Waals surface area (Å²) in [5.41, 5.74) is 6.06. The first-order chi connectivity index (χ1) is 9.61. The first-order valence-corrected chi connectivity index (χ1v) is 6.54. The molecule has 2 rings (SSSR count). The lowest BCUT2D eigenvalue weighted by Gasteiger charge is -2.34. The summed E-state index contributed by atoms with van der Waals surface area (Å²) >= 11 is 0. The Morgan fingerprint density at radius 3 is 3.05 bits per heavy atom. The molecule has 0 aromatic carbocycles. The van der Waals surface area contributed by atoms with Gasteiger partial charge in [-0.15, -0.1) is 0 Å². The van der Waals surface area contributed by atoms with Crippen molar-refractivity contribution in [3.63, 3.8) is 0 Å². The van der Waals surface area contributed by atoms with Gasteiger partial charge in [-0.25, -0.2) is 0 Å². The van der Waals surface area contributed by atoms with E-state index < -0.39 is 6.04 Å². The minimum Gasteiger partial charge on any atom is -0.396 e. The highest BCUT2D eigenvalue weighted by molar-refractivity contribution is 5.87. The molecule has 2 heterocycles. The Kier molecular flexibility index (Phi) is 4.57. The number of nitrogens with zero attached hydrogens (tertiary/aromatic N) is 3. The molecule has 1 aliphatic rings. The fourth-order valence-electron chi connectivity index (χ4n) is 2.11. The number of likely N-dealkylation sites (N-methyl/N-ethyl adjacent to an activating group) is 1. The number of rotatable bonds is 4. The van der Waals surface area contributed by atoms with Gasteiger partial charge in [0.25, 0.3) is 0 Å². The van der Waals surface area contributed by atoms with Gasteiger partial charge in [-0.05, 0) is 6.92 Å². The molecule has 8 heteroatoms. The lowest BCUT2D eigenvalue weighted by molar-refractivity contribution is -0.149. The molecule has 2 amide bonds. The van der Waals surface area contributed by atoms with Crippen LogP contribution in [0, 0.1) is 0 Å². The molecule has 0 bridgehead atoms. The number of morpholine rings is 1. The Labute approximate surface area is 116 Å². The maximum Gasteiger partial charge on any atom is 0.245 e. The number of carbonyl (C=O) groups is 2. The second kappa shape index (κ2) is 6.38. The molecule has 0 radical (unpaired) electrons. The van der Waals surface area contributed by atoms with Crippen molar-refractivity contribution in [1.29, 1.82) is 0 Å². The van der Waals surface area contributed by atoms with Crippen molar-refractivity contribution in [1.82, 2.24) is 20.0 Å². The van der Waals surface area contributed by atoms with Crippen LogP contribution in [0.2, 0.25) is 0 Å². The van der Waals surface area contributed by atoms with Crippen LogP contribution in [0.15, 0.2) is 12.4 Å². The molecular formula is C12H19N5O3. The molecule has 1 aliphatic heterocycles. The second-order valence-corrected chi connectivity index (χ2v) is 4.54. The number of nitrogens with one attached hydrogen (secondary N) is 1. The summed E-state index contributed by atoms with van der Waals surface area (Å²) < 4.78 is 6.75. The van der Waals surface area contributed by atoms with Gasteiger partial charge in [0.05, 0.1) is 25.1 Å². The molecule has 110 valence electrons. The average molecular weight is 281 g/mol. The fourth-order valence-corrected chi connectivity index (χ4v) is 2.11. The van der Waals surface area contributed by atoms with Gasteiger partial charge in [0.1, 0.15) is 12.6 Å². The minimum absolute atomic E-state index is 0.0626. The maximum atomic E-state index is 12.3. The average Bonchev–Trinajstić information content (AvgIpc) is 2.84. The minimum atomic E-state index is -0.580. The summed E-state index contributed by atoms with van der Waals surface area (Å²) in [6, 6.07) is -0.580. The number of anilines is 1. The first-order valence-electron chi connectivity index (χ1n) is 6.54. The number of ether oxygens (including phenoxy) is 1. The summed E-state index contributed by atoms with van der Waals surface area (Å²) in [5, 5.41) is 6.68. The zero-order valence-corrected chi connectivity index (χ0v) is 11.4. The van der Waals surface area contributed by atoms with Crippen LogP contribution in [-0.4, -0.2) is 58.8 Å². The van der Waals surface area contributed by atoms with Gasteiger partial charge in [-0.1, -0.05) is 0 Å². The van der Waals surface area contributed by atoms with Crippen molar-refractivity contribution in [2.24, 2.45) is 0 Å². The number of nitrogens with two attached hydrogens (primary N) is 1. The summed E-state index contributed by atoms with van der Waals surface area (Å²) in [6.45, 7) is 3.47. The SMILES string of the molecule is CCNC(=O)C1COCCN1C(=O)Cn1cc(N)cn1. The van der Waals surface area contributed by atoms with E-state index in [1.807, 2.05) is 6.92 Å². The Hall–Kier alpha value is -2.09. The number of nitrogen functional groups attached to an aromatic ring is 1. The van der Waals surface area contributed by atoms with Crippen molar-refractivity contribution >= 4 is 17.5 Å². The molecule has 1 fully saturated rings. The van der Waals surface area contributed by atoms with E-state index in [-0.39, 0.29) is 25.0 Å². The van der Waals surface area contributed by atoms with Crippen molar-refractivity contribution in [3.05, 3.63) is 12.4 Å². The van der Waals surface area contributed by atoms with Crippen LogP contribution in [0.25, 0.3) is 0 Å². The van der Waals surface area contributed by atoms with E-state index in [2.05, 4.69) is 10.4 Å². The molecule has 1 atom stereocenters. The zero-order valence-electron chi connectivity index (χ0n) is 11.4. The molecule has 0 spiro atoms. The third-order valence-corrected chi connectivity index (χ3v) is 3.05. The molecule has 1 unspecified atom stereocenters. The van der Waals surface area contributed by atoms with E-state index >= 15 is 0 Å². The number of hydrogen-bond acceptors (Lipinski definition) is 5. The topological polar surface area (TPSA) is 102 Å². The number of aromatic nitrogens is 2. The van der Waals surface area contributed by atoms with Gasteiger partial charge >= 0.3 is 0 Å². The molecule has 8 nitrogen and oxygen atoms in total. The molecule has 0 saturated carbocycles. The van der Waals surface area contributed by atoms with E-state index in [0.29, 0.717) is 25.4 Å². The third kappa shape index (κ3) is 3.27.